The number of fused-ring (bicyclic) bond motifs is 2. The Balaban J connectivity index is 1.46. The largest absolute Gasteiger partial charge is 0.416 e. The number of hydrogen-bond acceptors (Lipinski definition) is 6. The molecule has 1 aromatic heterocycles. The van der Waals surface area contributed by atoms with Gasteiger partial charge in [-0.05, 0) is 65.0 Å². The number of amides is 1. The lowest BCUT2D eigenvalue weighted by Gasteiger charge is -2.31. The lowest BCUT2D eigenvalue weighted by molar-refractivity contribution is -0.137. The molecule has 6 nitrogen and oxygen atoms in total. The van der Waals surface area contributed by atoms with Gasteiger partial charge in [-0.2, -0.15) is 17.9 Å². The molecule has 1 aliphatic rings. The lowest BCUT2D eigenvalue weighted by atomic mass is 10.1. The van der Waals surface area contributed by atoms with Crippen LogP contribution in [0.3, 0.4) is 0 Å². The number of rotatable bonds is 4. The molecule has 0 unspecified atom stereocenters. The summed E-state index contributed by atoms with van der Waals surface area (Å²) in [6, 6.07) is 17.4. The highest BCUT2D eigenvalue weighted by Crippen LogP contribution is 2.49. The fourth-order valence-electron chi connectivity index (χ4n) is 3.40. The molecule has 1 aliphatic heterocycles. The van der Waals surface area contributed by atoms with Crippen LogP contribution in [-0.4, -0.2) is 31.9 Å². The molecule has 0 saturated carbocycles. The van der Waals surface area contributed by atoms with Crippen LogP contribution in [0.1, 0.15) is 5.56 Å². The van der Waals surface area contributed by atoms with E-state index in [0.717, 1.165) is 28.8 Å². The second kappa shape index (κ2) is 8.97. The van der Waals surface area contributed by atoms with Gasteiger partial charge in [0.15, 0.2) is 0 Å². The number of hydrogen-bond donors (Lipinski definition) is 0. The summed E-state index contributed by atoms with van der Waals surface area (Å²) >= 11 is 8.35. The molecule has 1 amide bonds. The molecule has 0 radical (unpaired) electrons. The highest BCUT2D eigenvalue weighted by Gasteiger charge is 2.35. The SMILES string of the molecule is O=C(CSc1nnnn1-c1ccc(Cl)cc1)N1c2ccccc2Sc2ccc(C(F)(F)F)cc21. The molecule has 0 aliphatic carbocycles. The van der Waals surface area contributed by atoms with Crippen LogP contribution in [0.15, 0.2) is 81.7 Å². The summed E-state index contributed by atoms with van der Waals surface area (Å²) in [5.74, 6) is -0.494. The average Bonchev–Trinajstić information content (AvgIpc) is 3.29. The first-order valence-corrected chi connectivity index (χ1v) is 12.0. The van der Waals surface area contributed by atoms with E-state index in [1.54, 1.807) is 36.4 Å². The van der Waals surface area contributed by atoms with Gasteiger partial charge in [-0.15, -0.1) is 5.10 Å². The third kappa shape index (κ3) is 4.38. The second-order valence-corrected chi connectivity index (χ2v) is 9.58. The Morgan fingerprint density at radius 1 is 1.00 bits per heavy atom. The Hall–Kier alpha value is -3.02. The van der Waals surface area contributed by atoms with E-state index in [2.05, 4.69) is 15.5 Å². The number of anilines is 2. The number of halogens is 4. The van der Waals surface area contributed by atoms with Crippen LogP contribution < -0.4 is 4.90 Å². The van der Waals surface area contributed by atoms with Crippen LogP contribution in [0.25, 0.3) is 5.69 Å². The Labute approximate surface area is 205 Å². The van der Waals surface area contributed by atoms with E-state index in [9.17, 15) is 18.0 Å². The highest BCUT2D eigenvalue weighted by molar-refractivity contribution is 8.00. The van der Waals surface area contributed by atoms with Gasteiger partial charge < -0.3 is 0 Å². The predicted molar refractivity (Wildman–Crippen MR) is 124 cm³/mol. The van der Waals surface area contributed by atoms with Crippen LogP contribution in [-0.2, 0) is 11.0 Å². The first-order valence-electron chi connectivity index (χ1n) is 9.79. The van der Waals surface area contributed by atoms with Crippen LogP contribution >= 0.6 is 35.1 Å². The van der Waals surface area contributed by atoms with E-state index in [0.29, 0.717) is 26.4 Å². The Kier molecular flexibility index (Phi) is 6.00. The fraction of sp³-hybridized carbons (Fsp3) is 0.0909. The van der Waals surface area contributed by atoms with Crippen LogP contribution in [0.5, 0.6) is 0 Å². The summed E-state index contributed by atoms with van der Waals surface area (Å²) in [5.41, 5.74) is 0.566. The topological polar surface area (TPSA) is 63.9 Å². The molecular weight excluding hydrogens is 507 g/mol. The van der Waals surface area contributed by atoms with Crippen LogP contribution in [0.4, 0.5) is 24.5 Å². The normalized spacial score (nSPS) is 12.9. The van der Waals surface area contributed by atoms with E-state index in [-0.39, 0.29) is 11.4 Å². The molecule has 0 N–H and O–H groups in total. The summed E-state index contributed by atoms with van der Waals surface area (Å²) in [5, 5.41) is 12.5. The predicted octanol–water partition coefficient (Wildman–Crippen LogP) is 6.26. The molecule has 0 fully saturated rings. The van der Waals surface area contributed by atoms with Crippen molar-refractivity contribution in [1.29, 1.82) is 0 Å². The van der Waals surface area contributed by atoms with Crippen LogP contribution in [0.2, 0.25) is 5.02 Å². The fourth-order valence-corrected chi connectivity index (χ4v) is 5.31. The average molecular weight is 520 g/mol. The highest BCUT2D eigenvalue weighted by atomic mass is 35.5. The van der Waals surface area contributed by atoms with Crippen molar-refractivity contribution in [3.05, 3.63) is 77.3 Å². The smallest absolute Gasteiger partial charge is 0.278 e. The minimum Gasteiger partial charge on any atom is -0.278 e. The van der Waals surface area contributed by atoms with Crippen molar-refractivity contribution >= 4 is 52.4 Å². The number of nitrogens with zero attached hydrogens (tertiary/aromatic N) is 5. The number of para-hydroxylation sites is 1. The molecule has 34 heavy (non-hydrogen) atoms. The van der Waals surface area contributed by atoms with Gasteiger partial charge in [-0.1, -0.05) is 47.3 Å². The molecule has 5 rings (SSSR count). The van der Waals surface area contributed by atoms with Gasteiger partial charge >= 0.3 is 6.18 Å². The molecule has 0 spiro atoms. The zero-order valence-electron chi connectivity index (χ0n) is 17.0. The first kappa shape index (κ1) is 22.8. The molecule has 2 heterocycles. The molecule has 4 aromatic rings. The van der Waals surface area contributed by atoms with E-state index in [1.165, 1.54) is 27.4 Å². The summed E-state index contributed by atoms with van der Waals surface area (Å²) < 4.78 is 41.7. The number of benzene rings is 3. The summed E-state index contributed by atoms with van der Waals surface area (Å²) in [6.45, 7) is 0. The molecule has 0 atom stereocenters. The van der Waals surface area contributed by atoms with Gasteiger partial charge in [0.25, 0.3) is 0 Å². The molecule has 172 valence electrons. The maximum absolute atomic E-state index is 13.4. The van der Waals surface area contributed by atoms with Gasteiger partial charge in [-0.3, -0.25) is 9.69 Å². The quantitative estimate of drug-likeness (QED) is 0.297. The molecule has 3 aromatic carbocycles. The van der Waals surface area contributed by atoms with Crippen molar-refractivity contribution < 1.29 is 18.0 Å². The van der Waals surface area contributed by atoms with E-state index < -0.39 is 17.6 Å². The lowest BCUT2D eigenvalue weighted by Crippen LogP contribution is -2.30. The number of tetrazole rings is 1. The Morgan fingerprint density at radius 2 is 1.74 bits per heavy atom. The number of alkyl halides is 3. The van der Waals surface area contributed by atoms with E-state index in [1.807, 2.05) is 12.1 Å². The summed E-state index contributed by atoms with van der Waals surface area (Å²) in [4.78, 5) is 16.1. The van der Waals surface area contributed by atoms with Gasteiger partial charge in [0.05, 0.1) is 28.4 Å². The minimum atomic E-state index is -4.53. The van der Waals surface area contributed by atoms with E-state index >= 15 is 0 Å². The molecular formula is C22H13ClF3N5OS2. The van der Waals surface area contributed by atoms with Crippen LogP contribution in [0, 0.1) is 0 Å². The van der Waals surface area contributed by atoms with Crippen molar-refractivity contribution in [2.24, 2.45) is 0 Å². The summed E-state index contributed by atoms with van der Waals surface area (Å²) in [7, 11) is 0. The molecule has 0 saturated heterocycles. The van der Waals surface area contributed by atoms with Crippen molar-refractivity contribution in [2.75, 3.05) is 10.7 Å². The Bertz CT molecular complexity index is 1380. The van der Waals surface area contributed by atoms with Gasteiger partial charge in [0.2, 0.25) is 11.1 Å². The number of thioether (sulfide) groups is 1. The summed E-state index contributed by atoms with van der Waals surface area (Å²) in [6.07, 6.45) is -4.53. The maximum atomic E-state index is 13.4. The van der Waals surface area contributed by atoms with Crippen molar-refractivity contribution in [3.63, 3.8) is 0 Å². The minimum absolute atomic E-state index is 0.0946. The zero-order valence-corrected chi connectivity index (χ0v) is 19.4. The monoisotopic (exact) mass is 519 g/mol. The van der Waals surface area contributed by atoms with Gasteiger partial charge in [0.1, 0.15) is 0 Å². The number of carbonyl (C=O) groups is 1. The Morgan fingerprint density at radius 3 is 2.50 bits per heavy atom. The third-order valence-electron chi connectivity index (χ3n) is 4.94. The third-order valence-corrected chi connectivity index (χ3v) is 7.23. The second-order valence-electron chi connectivity index (χ2n) is 7.12. The first-order chi connectivity index (χ1) is 16.3. The molecule has 12 heteroatoms. The van der Waals surface area contributed by atoms with Gasteiger partial charge in [-0.25, -0.2) is 0 Å². The van der Waals surface area contributed by atoms with Crippen molar-refractivity contribution in [1.82, 2.24) is 20.2 Å². The van der Waals surface area contributed by atoms with Gasteiger partial charge in [0, 0.05) is 14.8 Å². The molecule has 0 bridgehead atoms. The maximum Gasteiger partial charge on any atom is 0.416 e. The number of carbonyl (C=O) groups excluding carboxylic acids is 1. The standard InChI is InChI=1S/C22H13ClF3N5OS2/c23-14-6-8-15(9-7-14)31-21(27-28-29-31)33-12-20(32)30-16-3-1-2-4-18(16)34-19-10-5-13(11-17(19)30)22(24,25)26/h1-11H,12H2. The van der Waals surface area contributed by atoms with Crippen molar-refractivity contribution in [2.45, 2.75) is 21.1 Å². The zero-order chi connectivity index (χ0) is 23.9. The number of aromatic nitrogens is 4. The van der Waals surface area contributed by atoms with Crippen molar-refractivity contribution in [3.8, 4) is 5.69 Å². The van der Waals surface area contributed by atoms with E-state index in [4.69, 9.17) is 11.6 Å².